The highest BCUT2D eigenvalue weighted by molar-refractivity contribution is 5.95. The molecule has 4 unspecified atom stereocenters. The van der Waals surface area contributed by atoms with Gasteiger partial charge in [-0.2, -0.15) is 0 Å². The van der Waals surface area contributed by atoms with Crippen LogP contribution >= 0.6 is 0 Å². The van der Waals surface area contributed by atoms with Crippen LogP contribution in [0.15, 0.2) is 85.1 Å². The largest absolute Gasteiger partial charge is 0.508 e. The summed E-state index contributed by atoms with van der Waals surface area (Å²) >= 11 is 0. The van der Waals surface area contributed by atoms with Crippen molar-refractivity contribution in [3.63, 3.8) is 0 Å². The number of aromatic amines is 1. The zero-order chi connectivity index (χ0) is 30.9. The third-order valence-electron chi connectivity index (χ3n) is 7.11. The summed E-state index contributed by atoms with van der Waals surface area (Å²) in [7, 11) is 0. The third-order valence-corrected chi connectivity index (χ3v) is 7.11. The average molecular weight is 586 g/mol. The first-order chi connectivity index (χ1) is 20.6. The number of nitrogens with one attached hydrogen (secondary N) is 4. The van der Waals surface area contributed by atoms with Gasteiger partial charge in [-0.15, -0.1) is 0 Å². The van der Waals surface area contributed by atoms with Crippen molar-refractivity contribution in [3.05, 3.63) is 102 Å². The van der Waals surface area contributed by atoms with Crippen molar-refractivity contribution in [3.8, 4) is 5.75 Å². The number of hydrogen-bond donors (Lipinski definition) is 7. The minimum absolute atomic E-state index is 0.0697. The molecular formula is C32H35N5O6. The van der Waals surface area contributed by atoms with Crippen LogP contribution in [0.4, 0.5) is 0 Å². The fourth-order valence-corrected chi connectivity index (χ4v) is 4.69. The van der Waals surface area contributed by atoms with E-state index >= 15 is 0 Å². The zero-order valence-electron chi connectivity index (χ0n) is 23.6. The number of rotatable bonds is 13. The number of carbonyl (C=O) groups excluding carboxylic acids is 3. The summed E-state index contributed by atoms with van der Waals surface area (Å²) in [6.45, 7) is 1.33. The molecule has 0 radical (unpaired) electrons. The molecule has 11 nitrogen and oxygen atoms in total. The van der Waals surface area contributed by atoms with Crippen molar-refractivity contribution < 1.29 is 29.4 Å². The van der Waals surface area contributed by atoms with Crippen LogP contribution in [0.3, 0.4) is 0 Å². The van der Waals surface area contributed by atoms with Crippen molar-refractivity contribution in [1.82, 2.24) is 20.9 Å². The fraction of sp³-hybridized carbons (Fsp3) is 0.250. The van der Waals surface area contributed by atoms with E-state index in [9.17, 15) is 29.4 Å². The Balaban J connectivity index is 1.55. The smallest absolute Gasteiger partial charge is 0.325 e. The van der Waals surface area contributed by atoms with Crippen molar-refractivity contribution in [2.45, 2.75) is 50.4 Å². The fourth-order valence-electron chi connectivity index (χ4n) is 4.69. The molecule has 4 aromatic rings. The number of aliphatic carboxylic acids is 1. The molecule has 11 heteroatoms. The SMILES string of the molecule is CC(NC(=O)C(Cc1c[nH]c2ccccc12)NC(=O)C(Cc1ccccc1)NC(=O)C(N)Cc1ccc(O)cc1)C(=O)O. The maximum atomic E-state index is 13.7. The number of phenols is 1. The summed E-state index contributed by atoms with van der Waals surface area (Å²) < 4.78 is 0. The zero-order valence-corrected chi connectivity index (χ0v) is 23.6. The molecule has 1 aromatic heterocycles. The molecule has 4 atom stereocenters. The van der Waals surface area contributed by atoms with Crippen LogP contribution in [0.5, 0.6) is 5.75 Å². The van der Waals surface area contributed by atoms with Gasteiger partial charge in [-0.25, -0.2) is 0 Å². The first-order valence-electron chi connectivity index (χ1n) is 13.9. The standard InChI is InChI=1S/C32H35N5O6/c1-19(32(42)43)35-30(40)28(17-22-18-34-26-10-6-5-9-24(22)26)37-31(41)27(16-20-7-3-2-4-8-20)36-29(39)25(33)15-21-11-13-23(38)14-12-21/h2-14,18-19,25,27-28,34,38H,15-17,33H2,1H3,(H,35,40)(H,36,39)(H,37,41)(H,42,43). The Kier molecular flexibility index (Phi) is 10.1. The maximum absolute atomic E-state index is 13.7. The maximum Gasteiger partial charge on any atom is 0.325 e. The molecule has 0 aliphatic carbocycles. The van der Waals surface area contributed by atoms with Gasteiger partial charge in [0.05, 0.1) is 6.04 Å². The second-order valence-corrected chi connectivity index (χ2v) is 10.4. The molecule has 3 aromatic carbocycles. The van der Waals surface area contributed by atoms with E-state index in [0.29, 0.717) is 0 Å². The Hall–Kier alpha value is -5.16. The van der Waals surface area contributed by atoms with Crippen molar-refractivity contribution in [1.29, 1.82) is 0 Å². The minimum atomic E-state index is -1.22. The molecular weight excluding hydrogens is 550 g/mol. The summed E-state index contributed by atoms with van der Waals surface area (Å²) in [5.41, 5.74) is 9.27. The number of aromatic nitrogens is 1. The van der Waals surface area contributed by atoms with Crippen LogP contribution in [0, 0.1) is 0 Å². The lowest BCUT2D eigenvalue weighted by Crippen LogP contribution is -2.58. The van der Waals surface area contributed by atoms with Crippen LogP contribution in [0.2, 0.25) is 0 Å². The Morgan fingerprint density at radius 3 is 2.02 bits per heavy atom. The number of carbonyl (C=O) groups is 4. The number of phenolic OH excluding ortho intramolecular Hbond substituents is 1. The molecule has 1 heterocycles. The van der Waals surface area contributed by atoms with Crippen LogP contribution < -0.4 is 21.7 Å². The highest BCUT2D eigenvalue weighted by Crippen LogP contribution is 2.19. The van der Waals surface area contributed by atoms with E-state index in [0.717, 1.165) is 27.6 Å². The van der Waals surface area contributed by atoms with Gasteiger partial charge in [-0.3, -0.25) is 19.2 Å². The summed E-state index contributed by atoms with van der Waals surface area (Å²) in [5, 5.41) is 27.6. The van der Waals surface area contributed by atoms with Crippen LogP contribution in [0.1, 0.15) is 23.6 Å². The second kappa shape index (κ2) is 14.1. The van der Waals surface area contributed by atoms with Gasteiger partial charge in [0, 0.05) is 29.9 Å². The van der Waals surface area contributed by atoms with Gasteiger partial charge >= 0.3 is 5.97 Å². The van der Waals surface area contributed by atoms with Crippen molar-refractivity contribution in [2.24, 2.45) is 5.73 Å². The molecule has 0 saturated heterocycles. The number of amides is 3. The number of carboxylic acid groups (broad SMARTS) is 1. The Morgan fingerprint density at radius 2 is 1.33 bits per heavy atom. The summed E-state index contributed by atoms with van der Waals surface area (Å²) in [6, 6.07) is 18.5. The molecule has 0 fully saturated rings. The van der Waals surface area contributed by atoms with Crippen molar-refractivity contribution in [2.75, 3.05) is 0 Å². The second-order valence-electron chi connectivity index (χ2n) is 10.4. The van der Waals surface area contributed by atoms with Crippen LogP contribution in [0.25, 0.3) is 10.9 Å². The predicted molar refractivity (Wildman–Crippen MR) is 161 cm³/mol. The molecule has 8 N–H and O–H groups in total. The van der Waals surface area contributed by atoms with Gasteiger partial charge in [0.2, 0.25) is 17.7 Å². The van der Waals surface area contributed by atoms with E-state index < -0.39 is 47.9 Å². The number of H-pyrrole nitrogens is 1. The normalized spacial score (nSPS) is 13.8. The van der Waals surface area contributed by atoms with Gasteiger partial charge in [0.25, 0.3) is 0 Å². The molecule has 4 rings (SSSR count). The monoisotopic (exact) mass is 585 g/mol. The first-order valence-corrected chi connectivity index (χ1v) is 13.9. The van der Waals surface area contributed by atoms with Crippen molar-refractivity contribution >= 4 is 34.6 Å². The molecule has 0 saturated carbocycles. The minimum Gasteiger partial charge on any atom is -0.508 e. The summed E-state index contributed by atoms with van der Waals surface area (Å²) in [6.07, 6.45) is 2.10. The molecule has 0 aliphatic heterocycles. The van der Waals surface area contributed by atoms with Crippen LogP contribution in [-0.4, -0.2) is 63.1 Å². The van der Waals surface area contributed by atoms with Gasteiger partial charge in [-0.1, -0.05) is 60.7 Å². The molecule has 224 valence electrons. The summed E-state index contributed by atoms with van der Waals surface area (Å²) in [5.74, 6) is -3.01. The van der Waals surface area contributed by atoms with E-state index in [1.54, 1.807) is 18.3 Å². The quantitative estimate of drug-likeness (QED) is 0.125. The highest BCUT2D eigenvalue weighted by atomic mass is 16.4. The Labute approximate surface area is 248 Å². The van der Waals surface area contributed by atoms with E-state index in [1.165, 1.54) is 19.1 Å². The van der Waals surface area contributed by atoms with Gasteiger partial charge in [-0.05, 0) is 48.2 Å². The predicted octanol–water partition coefficient (Wildman–Crippen LogP) is 1.79. The lowest BCUT2D eigenvalue weighted by atomic mass is 10.0. The topological polar surface area (TPSA) is 187 Å². The number of carboxylic acids is 1. The number of hydrogen-bond acceptors (Lipinski definition) is 6. The Bertz CT molecular complexity index is 1570. The van der Waals surface area contributed by atoms with Gasteiger partial charge in [0.1, 0.15) is 23.9 Å². The average Bonchev–Trinajstić information content (AvgIpc) is 3.40. The molecule has 43 heavy (non-hydrogen) atoms. The Morgan fingerprint density at radius 1 is 0.744 bits per heavy atom. The number of aromatic hydroxyl groups is 1. The first kappa shape index (κ1) is 30.8. The highest BCUT2D eigenvalue weighted by Gasteiger charge is 2.30. The number of para-hydroxylation sites is 1. The molecule has 0 aliphatic rings. The summed E-state index contributed by atoms with van der Waals surface area (Å²) in [4.78, 5) is 54.7. The molecule has 3 amide bonds. The third kappa shape index (κ3) is 8.43. The van der Waals surface area contributed by atoms with E-state index in [1.807, 2.05) is 54.6 Å². The lowest BCUT2D eigenvalue weighted by molar-refractivity contribution is -0.141. The number of fused-ring (bicyclic) bond motifs is 1. The molecule has 0 bridgehead atoms. The van der Waals surface area contributed by atoms with E-state index in [4.69, 9.17) is 5.73 Å². The van der Waals surface area contributed by atoms with Gasteiger partial charge < -0.3 is 36.9 Å². The lowest BCUT2D eigenvalue weighted by Gasteiger charge is -2.25. The van der Waals surface area contributed by atoms with Crippen LogP contribution in [-0.2, 0) is 38.4 Å². The number of benzene rings is 3. The van der Waals surface area contributed by atoms with Gasteiger partial charge in [0.15, 0.2) is 0 Å². The number of nitrogens with two attached hydrogens (primary N) is 1. The molecule has 0 spiro atoms. The van der Waals surface area contributed by atoms with E-state index in [2.05, 4.69) is 20.9 Å². The van der Waals surface area contributed by atoms with E-state index in [-0.39, 0.29) is 25.0 Å².